The minimum Gasteiger partial charge on any atom is -0.357 e. The standard InChI is InChI=1S/C27H25N9O2/c1-4-22-30-15-21(23(34-22)17-8-6-10-29-13-17)33-27(38)32-19-9-5-7-16(11-19)20-12-18-14-31-26(28-2)35-24(18)36(3)25(20)37/h5-15H,4H2,1-3H3,(H,28,31,35)(H2,32,33,38). The number of nitrogens with one attached hydrogen (secondary N) is 3. The van der Waals surface area contributed by atoms with E-state index >= 15 is 0 Å². The molecule has 190 valence electrons. The molecule has 0 aliphatic carbocycles. The van der Waals surface area contributed by atoms with Gasteiger partial charge in [0.05, 0.1) is 17.6 Å². The van der Waals surface area contributed by atoms with E-state index in [9.17, 15) is 9.59 Å². The van der Waals surface area contributed by atoms with E-state index in [1.165, 1.54) is 4.57 Å². The summed E-state index contributed by atoms with van der Waals surface area (Å²) in [5, 5.41) is 9.26. The van der Waals surface area contributed by atoms with Gasteiger partial charge in [-0.25, -0.2) is 19.7 Å². The van der Waals surface area contributed by atoms with E-state index < -0.39 is 6.03 Å². The molecule has 5 aromatic rings. The first-order valence-electron chi connectivity index (χ1n) is 12.0. The lowest BCUT2D eigenvalue weighted by Crippen LogP contribution is -2.21. The predicted octanol–water partition coefficient (Wildman–Crippen LogP) is 4.10. The topological polar surface area (TPSA) is 140 Å². The molecule has 0 saturated heterocycles. The van der Waals surface area contributed by atoms with Crippen molar-refractivity contribution in [3.63, 3.8) is 0 Å². The van der Waals surface area contributed by atoms with E-state index in [1.54, 1.807) is 69.2 Å². The maximum Gasteiger partial charge on any atom is 0.323 e. The Morgan fingerprint density at radius 1 is 0.974 bits per heavy atom. The molecule has 4 aromatic heterocycles. The van der Waals surface area contributed by atoms with E-state index in [2.05, 4.69) is 40.9 Å². The number of urea groups is 1. The van der Waals surface area contributed by atoms with Crippen LogP contribution in [0.4, 0.5) is 22.1 Å². The minimum atomic E-state index is -0.473. The molecule has 0 radical (unpaired) electrons. The molecule has 2 amide bonds. The third-order valence-corrected chi connectivity index (χ3v) is 5.94. The highest BCUT2D eigenvalue weighted by molar-refractivity contribution is 6.02. The maximum absolute atomic E-state index is 13.1. The number of fused-ring (bicyclic) bond motifs is 1. The summed E-state index contributed by atoms with van der Waals surface area (Å²) in [5.74, 6) is 1.09. The number of aryl methyl sites for hydroxylation is 2. The molecule has 0 atom stereocenters. The van der Waals surface area contributed by atoms with Crippen molar-refractivity contribution in [1.29, 1.82) is 0 Å². The second-order valence-electron chi connectivity index (χ2n) is 8.45. The SMILES string of the molecule is CCc1ncc(NC(=O)Nc2cccc(-c3cc4cnc(NC)nc4n(C)c3=O)c2)c(-c2cccnc2)n1. The Morgan fingerprint density at radius 2 is 1.82 bits per heavy atom. The molecule has 0 spiro atoms. The number of carbonyl (C=O) groups is 1. The summed E-state index contributed by atoms with van der Waals surface area (Å²) < 4.78 is 1.49. The van der Waals surface area contributed by atoms with E-state index in [-0.39, 0.29) is 5.56 Å². The molecule has 1 aromatic carbocycles. The Hall–Kier alpha value is -5.19. The number of pyridine rings is 2. The van der Waals surface area contributed by atoms with Crippen molar-refractivity contribution in [2.75, 3.05) is 23.0 Å². The fourth-order valence-corrected chi connectivity index (χ4v) is 4.03. The number of hydrogen-bond donors (Lipinski definition) is 3. The molecule has 38 heavy (non-hydrogen) atoms. The predicted molar refractivity (Wildman–Crippen MR) is 147 cm³/mol. The summed E-state index contributed by atoms with van der Waals surface area (Å²) in [6.07, 6.45) is 7.27. The van der Waals surface area contributed by atoms with Gasteiger partial charge in [-0.3, -0.25) is 14.3 Å². The van der Waals surface area contributed by atoms with Crippen molar-refractivity contribution in [3.05, 3.63) is 83.4 Å². The second kappa shape index (κ2) is 10.4. The number of amides is 2. The molecule has 0 aliphatic heterocycles. The Morgan fingerprint density at radius 3 is 2.58 bits per heavy atom. The van der Waals surface area contributed by atoms with Crippen molar-refractivity contribution in [1.82, 2.24) is 29.5 Å². The third-order valence-electron chi connectivity index (χ3n) is 5.94. The summed E-state index contributed by atoms with van der Waals surface area (Å²) in [5.41, 5.74) is 3.73. The van der Waals surface area contributed by atoms with Gasteiger partial charge < -0.3 is 16.0 Å². The molecular formula is C27H25N9O2. The van der Waals surface area contributed by atoms with E-state index in [0.717, 1.165) is 10.9 Å². The molecule has 11 nitrogen and oxygen atoms in total. The van der Waals surface area contributed by atoms with Crippen molar-refractivity contribution in [3.8, 4) is 22.4 Å². The van der Waals surface area contributed by atoms with Gasteiger partial charge in [0, 0.05) is 61.3 Å². The maximum atomic E-state index is 13.1. The fraction of sp³-hybridized carbons (Fsp3) is 0.148. The van der Waals surface area contributed by atoms with E-state index in [4.69, 9.17) is 0 Å². The lowest BCUT2D eigenvalue weighted by molar-refractivity contribution is 0.262. The first kappa shape index (κ1) is 24.5. The number of anilines is 3. The van der Waals surface area contributed by atoms with Crippen molar-refractivity contribution in [2.45, 2.75) is 13.3 Å². The smallest absolute Gasteiger partial charge is 0.323 e. The number of hydrogen-bond acceptors (Lipinski definition) is 8. The van der Waals surface area contributed by atoms with Crippen LogP contribution in [-0.2, 0) is 13.5 Å². The van der Waals surface area contributed by atoms with Crippen LogP contribution in [0.5, 0.6) is 0 Å². The summed E-state index contributed by atoms with van der Waals surface area (Å²) in [6.45, 7) is 1.96. The summed E-state index contributed by atoms with van der Waals surface area (Å²) in [6, 6.07) is 12.0. The lowest BCUT2D eigenvalue weighted by atomic mass is 10.1. The number of aromatic nitrogens is 6. The van der Waals surface area contributed by atoms with Gasteiger partial charge in [0.25, 0.3) is 5.56 Å². The number of nitrogens with zero attached hydrogens (tertiary/aromatic N) is 6. The highest BCUT2D eigenvalue weighted by Crippen LogP contribution is 2.26. The molecule has 0 bridgehead atoms. The molecule has 5 rings (SSSR count). The van der Waals surface area contributed by atoms with Crippen LogP contribution in [0, 0.1) is 0 Å². The van der Waals surface area contributed by atoms with Crippen molar-refractivity contribution >= 4 is 34.4 Å². The first-order chi connectivity index (χ1) is 18.5. The highest BCUT2D eigenvalue weighted by atomic mass is 16.2. The summed E-state index contributed by atoms with van der Waals surface area (Å²) in [7, 11) is 3.39. The molecule has 0 unspecified atom stereocenters. The Balaban J connectivity index is 1.42. The van der Waals surface area contributed by atoms with E-state index in [0.29, 0.717) is 52.0 Å². The summed E-state index contributed by atoms with van der Waals surface area (Å²) in [4.78, 5) is 47.8. The average molecular weight is 508 g/mol. The van der Waals surface area contributed by atoms with Crippen LogP contribution in [0.1, 0.15) is 12.7 Å². The highest BCUT2D eigenvalue weighted by Gasteiger charge is 2.14. The fourth-order valence-electron chi connectivity index (χ4n) is 4.03. The van der Waals surface area contributed by atoms with Crippen LogP contribution in [0.3, 0.4) is 0 Å². The summed E-state index contributed by atoms with van der Waals surface area (Å²) >= 11 is 0. The zero-order valence-corrected chi connectivity index (χ0v) is 21.1. The van der Waals surface area contributed by atoms with Crippen molar-refractivity contribution in [2.24, 2.45) is 7.05 Å². The number of rotatable bonds is 6. The van der Waals surface area contributed by atoms with Gasteiger partial charge in [-0.1, -0.05) is 19.1 Å². The largest absolute Gasteiger partial charge is 0.357 e. The van der Waals surface area contributed by atoms with Gasteiger partial charge in [0.2, 0.25) is 5.95 Å². The van der Waals surface area contributed by atoms with Gasteiger partial charge in [0.15, 0.2) is 0 Å². The molecule has 0 fully saturated rings. The molecule has 11 heteroatoms. The molecular weight excluding hydrogens is 482 g/mol. The number of benzene rings is 1. The minimum absolute atomic E-state index is 0.214. The molecule has 3 N–H and O–H groups in total. The third kappa shape index (κ3) is 4.89. The van der Waals surface area contributed by atoms with E-state index in [1.807, 2.05) is 19.1 Å². The number of carbonyl (C=O) groups excluding carboxylic acids is 1. The monoisotopic (exact) mass is 507 g/mol. The van der Waals surface area contributed by atoms with Crippen LogP contribution in [-0.4, -0.2) is 42.6 Å². The average Bonchev–Trinajstić information content (AvgIpc) is 2.95. The van der Waals surface area contributed by atoms with Gasteiger partial charge in [-0.05, 0) is 35.9 Å². The zero-order chi connectivity index (χ0) is 26.6. The Kier molecular flexibility index (Phi) is 6.72. The van der Waals surface area contributed by atoms with Crippen LogP contribution in [0.15, 0.2) is 72.0 Å². The lowest BCUT2D eigenvalue weighted by Gasteiger charge is -2.13. The Labute approximate surface area is 218 Å². The Bertz CT molecular complexity index is 1700. The van der Waals surface area contributed by atoms with Crippen molar-refractivity contribution < 1.29 is 4.79 Å². The van der Waals surface area contributed by atoms with Gasteiger partial charge >= 0.3 is 6.03 Å². The van der Waals surface area contributed by atoms with Crippen LogP contribution < -0.4 is 21.5 Å². The first-order valence-corrected chi connectivity index (χ1v) is 12.0. The zero-order valence-electron chi connectivity index (χ0n) is 21.1. The molecule has 4 heterocycles. The van der Waals surface area contributed by atoms with Crippen LogP contribution >= 0.6 is 0 Å². The normalized spacial score (nSPS) is 10.8. The van der Waals surface area contributed by atoms with Crippen LogP contribution in [0.2, 0.25) is 0 Å². The quantitative estimate of drug-likeness (QED) is 0.312. The van der Waals surface area contributed by atoms with Crippen LogP contribution in [0.25, 0.3) is 33.4 Å². The van der Waals surface area contributed by atoms with Gasteiger partial charge in [-0.2, -0.15) is 4.98 Å². The molecule has 0 aliphatic rings. The second-order valence-corrected chi connectivity index (χ2v) is 8.45. The van der Waals surface area contributed by atoms with Gasteiger partial charge in [0.1, 0.15) is 11.5 Å². The molecule has 0 saturated carbocycles. The van der Waals surface area contributed by atoms with Gasteiger partial charge in [-0.15, -0.1) is 0 Å².